The van der Waals surface area contributed by atoms with Crippen molar-refractivity contribution in [2.75, 3.05) is 7.11 Å². The Balaban J connectivity index is 1.32. The third kappa shape index (κ3) is 5.97. The number of aliphatic hydroxyl groups is 1. The number of carbonyl (C=O) groups is 1. The summed E-state index contributed by atoms with van der Waals surface area (Å²) in [4.78, 5) is 13.3. The first kappa shape index (κ1) is 26.9. The molecule has 0 aliphatic carbocycles. The number of hydrogen-bond acceptors (Lipinski definition) is 5. The number of pyridine rings is 1. The molecule has 5 rings (SSSR count). The van der Waals surface area contributed by atoms with Crippen molar-refractivity contribution in [2.45, 2.75) is 31.9 Å². The number of halogens is 1. The number of aliphatic hydroxyl groups excluding tert-OH is 1. The van der Waals surface area contributed by atoms with Gasteiger partial charge in [0, 0.05) is 23.4 Å². The molecular formula is C32H29FN2O5. The Morgan fingerprint density at radius 2 is 1.88 bits per heavy atom. The highest BCUT2D eigenvalue weighted by Crippen LogP contribution is 2.29. The van der Waals surface area contributed by atoms with Crippen LogP contribution in [0, 0.1) is 17.9 Å². The van der Waals surface area contributed by atoms with E-state index in [4.69, 9.17) is 9.15 Å². The first-order valence-electron chi connectivity index (χ1n) is 12.9. The average molecular weight is 541 g/mol. The molecule has 2 N–H and O–H groups in total. The van der Waals surface area contributed by atoms with E-state index in [-0.39, 0.29) is 30.4 Å². The van der Waals surface area contributed by atoms with E-state index in [1.54, 1.807) is 19.2 Å². The van der Waals surface area contributed by atoms with Crippen LogP contribution in [0.15, 0.2) is 95.7 Å². The molecular weight excluding hydrogens is 511 g/mol. The number of hydrogen-bond donors (Lipinski definition) is 2. The number of ether oxygens (including phenoxy) is 1. The summed E-state index contributed by atoms with van der Waals surface area (Å²) in [5, 5.41) is 25.7. The number of furan rings is 1. The highest BCUT2D eigenvalue weighted by molar-refractivity contribution is 5.83. The minimum atomic E-state index is -1.18. The second-order valence-corrected chi connectivity index (χ2v) is 9.72. The lowest BCUT2D eigenvalue weighted by Gasteiger charge is -2.22. The summed E-state index contributed by atoms with van der Waals surface area (Å²) in [5.41, 5.74) is 4.36. The van der Waals surface area contributed by atoms with Crippen LogP contribution in [-0.2, 0) is 17.6 Å². The van der Waals surface area contributed by atoms with Crippen LogP contribution in [-0.4, -0.2) is 18.1 Å². The van der Waals surface area contributed by atoms with Gasteiger partial charge in [-0.1, -0.05) is 42.5 Å². The van der Waals surface area contributed by atoms with E-state index in [2.05, 4.69) is 5.32 Å². The van der Waals surface area contributed by atoms with Gasteiger partial charge in [-0.05, 0) is 59.5 Å². The van der Waals surface area contributed by atoms with E-state index in [0.29, 0.717) is 16.1 Å². The molecule has 40 heavy (non-hydrogen) atoms. The van der Waals surface area contributed by atoms with Gasteiger partial charge in [0.1, 0.15) is 17.1 Å². The third-order valence-corrected chi connectivity index (χ3v) is 6.89. The molecule has 2 atom stereocenters. The fraction of sp³-hybridized carbons (Fsp3) is 0.188. The van der Waals surface area contributed by atoms with Gasteiger partial charge in [0.25, 0.3) is 0 Å². The third-order valence-electron chi connectivity index (χ3n) is 6.89. The van der Waals surface area contributed by atoms with Gasteiger partial charge in [-0.15, -0.1) is 0 Å². The van der Waals surface area contributed by atoms with Crippen LogP contribution < -0.4 is 14.8 Å². The maximum absolute atomic E-state index is 14.1. The van der Waals surface area contributed by atoms with Crippen molar-refractivity contribution >= 4 is 16.9 Å². The highest BCUT2D eigenvalue weighted by Gasteiger charge is 2.21. The summed E-state index contributed by atoms with van der Waals surface area (Å²) >= 11 is 0. The van der Waals surface area contributed by atoms with E-state index >= 15 is 0 Å². The van der Waals surface area contributed by atoms with Gasteiger partial charge < -0.3 is 24.8 Å². The molecule has 7 nitrogen and oxygen atoms in total. The molecule has 0 saturated carbocycles. The van der Waals surface area contributed by atoms with Gasteiger partial charge in [0.05, 0.1) is 25.7 Å². The number of nitrogens with one attached hydrogen (secondary N) is 1. The Labute approximate surface area is 231 Å². The fourth-order valence-electron chi connectivity index (χ4n) is 4.87. The first-order chi connectivity index (χ1) is 19.3. The minimum Gasteiger partial charge on any atom is -0.619 e. The van der Waals surface area contributed by atoms with Gasteiger partial charge in [0.15, 0.2) is 12.0 Å². The van der Waals surface area contributed by atoms with E-state index in [1.165, 1.54) is 6.07 Å². The van der Waals surface area contributed by atoms with Gasteiger partial charge in [0.2, 0.25) is 12.1 Å². The summed E-state index contributed by atoms with van der Waals surface area (Å²) in [5.74, 6) is 0.288. The summed E-state index contributed by atoms with van der Waals surface area (Å²) in [7, 11) is 1.62. The van der Waals surface area contributed by atoms with Crippen LogP contribution in [0.5, 0.6) is 5.75 Å². The predicted octanol–water partition coefficient (Wildman–Crippen LogP) is 5.25. The second-order valence-electron chi connectivity index (χ2n) is 9.72. The molecule has 0 saturated heterocycles. The zero-order valence-electron chi connectivity index (χ0n) is 22.1. The number of aryl methyl sites for hydroxylation is 1. The molecule has 0 spiro atoms. The second kappa shape index (κ2) is 11.6. The number of amides is 1. The maximum Gasteiger partial charge on any atom is 0.225 e. The number of nitrogens with zero attached hydrogens (tertiary/aromatic N) is 1. The van der Waals surface area contributed by atoms with E-state index in [0.717, 1.165) is 45.8 Å². The van der Waals surface area contributed by atoms with Gasteiger partial charge in [-0.25, -0.2) is 0 Å². The summed E-state index contributed by atoms with van der Waals surface area (Å²) in [6, 6.07) is 23.8. The van der Waals surface area contributed by atoms with Crippen LogP contribution >= 0.6 is 0 Å². The van der Waals surface area contributed by atoms with Crippen LogP contribution in [0.3, 0.4) is 0 Å². The van der Waals surface area contributed by atoms with Gasteiger partial charge in [-0.3, -0.25) is 4.79 Å². The molecule has 0 aliphatic rings. The lowest BCUT2D eigenvalue weighted by Crippen LogP contribution is -2.31. The standard InChI is InChI=1S/C32H29FN2O5/c1-20-14-24(39-2)9-10-26(20)32(22-6-4-3-5-7-22)34-31(37)16-21-8-11-30-23(15-21)17-25(40-30)18-29(36)27-12-13-35(38)19-28(27)33/h3-15,17,19,29,32,36H,16,18H2,1-2H3,(H,34,37). The van der Waals surface area contributed by atoms with Crippen molar-refractivity contribution in [1.29, 1.82) is 0 Å². The SMILES string of the molecule is COc1ccc(C(NC(=O)Cc2ccc3oc(CC(O)c4cc[n+]([O-])cc4F)cc3c2)c2ccccc2)c(C)c1. The molecule has 5 aromatic rings. The number of carbonyl (C=O) groups excluding carboxylic acids is 1. The van der Waals surface area contributed by atoms with E-state index in [9.17, 15) is 19.5 Å². The predicted molar refractivity (Wildman–Crippen MR) is 148 cm³/mol. The molecule has 3 aromatic carbocycles. The number of rotatable bonds is 9. The molecule has 0 fully saturated rings. The number of aromatic nitrogens is 1. The van der Waals surface area contributed by atoms with Crippen LogP contribution in [0.4, 0.5) is 4.39 Å². The van der Waals surface area contributed by atoms with Gasteiger partial charge in [-0.2, -0.15) is 9.12 Å². The summed E-state index contributed by atoms with van der Waals surface area (Å²) in [6.45, 7) is 1.99. The van der Waals surface area contributed by atoms with Crippen molar-refractivity contribution in [1.82, 2.24) is 5.32 Å². The Bertz CT molecular complexity index is 1650. The molecule has 0 radical (unpaired) electrons. The molecule has 2 unspecified atom stereocenters. The van der Waals surface area contributed by atoms with Crippen LogP contribution in [0.25, 0.3) is 11.0 Å². The van der Waals surface area contributed by atoms with Crippen molar-refractivity contribution in [3.05, 3.63) is 136 Å². The Kier molecular flexibility index (Phi) is 7.79. The minimum absolute atomic E-state index is 0.0185. The topological polar surface area (TPSA) is 98.6 Å². The average Bonchev–Trinajstić information content (AvgIpc) is 3.33. The number of methoxy groups -OCH3 is 1. The Hall–Kier alpha value is -4.69. The highest BCUT2D eigenvalue weighted by atomic mass is 19.1. The normalized spacial score (nSPS) is 12.7. The Morgan fingerprint density at radius 1 is 1.07 bits per heavy atom. The molecule has 2 aromatic heterocycles. The first-order valence-corrected chi connectivity index (χ1v) is 12.9. The van der Waals surface area contributed by atoms with Crippen molar-refractivity contribution < 1.29 is 28.2 Å². The smallest absolute Gasteiger partial charge is 0.225 e. The van der Waals surface area contributed by atoms with E-state index < -0.39 is 11.9 Å². The summed E-state index contributed by atoms with van der Waals surface area (Å²) in [6.07, 6.45) is 0.915. The molecule has 204 valence electrons. The van der Waals surface area contributed by atoms with E-state index in [1.807, 2.05) is 67.6 Å². The van der Waals surface area contributed by atoms with Crippen molar-refractivity contribution in [3.63, 3.8) is 0 Å². The molecule has 1 amide bonds. The molecule has 2 heterocycles. The lowest BCUT2D eigenvalue weighted by molar-refractivity contribution is -0.607. The summed E-state index contributed by atoms with van der Waals surface area (Å²) < 4.78 is 25.6. The Morgan fingerprint density at radius 3 is 2.60 bits per heavy atom. The van der Waals surface area contributed by atoms with Crippen molar-refractivity contribution in [2.24, 2.45) is 0 Å². The zero-order valence-corrected chi connectivity index (χ0v) is 22.1. The molecule has 0 aliphatic heterocycles. The molecule has 8 heteroatoms. The number of fused-ring (bicyclic) bond motifs is 1. The van der Waals surface area contributed by atoms with Crippen LogP contribution in [0.1, 0.15) is 45.7 Å². The zero-order chi connectivity index (χ0) is 28.2. The quantitative estimate of drug-likeness (QED) is 0.197. The van der Waals surface area contributed by atoms with Crippen molar-refractivity contribution in [3.8, 4) is 5.75 Å². The lowest BCUT2D eigenvalue weighted by atomic mass is 9.94. The van der Waals surface area contributed by atoms with Gasteiger partial charge >= 0.3 is 0 Å². The van der Waals surface area contributed by atoms with Crippen LogP contribution in [0.2, 0.25) is 0 Å². The largest absolute Gasteiger partial charge is 0.619 e. The monoisotopic (exact) mass is 540 g/mol. The maximum atomic E-state index is 14.1. The fourth-order valence-corrected chi connectivity index (χ4v) is 4.87. The molecule has 0 bridgehead atoms. The number of benzene rings is 3.